The van der Waals surface area contributed by atoms with Gasteiger partial charge in [0.15, 0.2) is 0 Å². The van der Waals surface area contributed by atoms with Crippen molar-refractivity contribution >= 4 is 0 Å². The molecule has 0 radical (unpaired) electrons. The van der Waals surface area contributed by atoms with E-state index in [1.54, 1.807) is 0 Å². The van der Waals surface area contributed by atoms with Crippen LogP contribution in [0.5, 0.6) is 0 Å². The van der Waals surface area contributed by atoms with Crippen LogP contribution in [0, 0.1) is 11.8 Å². The minimum absolute atomic E-state index is 0.122. The lowest BCUT2D eigenvalue weighted by Crippen LogP contribution is -2.43. The molecule has 0 amide bonds. The van der Waals surface area contributed by atoms with Gasteiger partial charge in [-0.15, -0.1) is 0 Å². The summed E-state index contributed by atoms with van der Waals surface area (Å²) in [5.74, 6) is 1.66. The summed E-state index contributed by atoms with van der Waals surface area (Å²) in [6.45, 7) is 6.79. The Kier molecular flexibility index (Phi) is 2.04. The molecule has 0 aromatic carbocycles. The van der Waals surface area contributed by atoms with Crippen molar-refractivity contribution in [3.63, 3.8) is 0 Å². The van der Waals surface area contributed by atoms with Crippen molar-refractivity contribution < 1.29 is 0 Å². The lowest BCUT2D eigenvalue weighted by molar-refractivity contribution is 0.198. The predicted molar refractivity (Wildman–Crippen MR) is 44.8 cm³/mol. The molecule has 0 saturated heterocycles. The van der Waals surface area contributed by atoms with Crippen molar-refractivity contribution in [3.05, 3.63) is 0 Å². The van der Waals surface area contributed by atoms with Gasteiger partial charge in [-0.05, 0) is 38.0 Å². The van der Waals surface area contributed by atoms with Crippen LogP contribution >= 0.6 is 0 Å². The lowest BCUT2D eigenvalue weighted by Gasteiger charge is -2.37. The molecule has 10 heavy (non-hydrogen) atoms. The molecule has 0 bridgehead atoms. The second kappa shape index (κ2) is 2.54. The van der Waals surface area contributed by atoms with Gasteiger partial charge in [0.2, 0.25) is 0 Å². The summed E-state index contributed by atoms with van der Waals surface area (Å²) in [6, 6.07) is 0. The molecule has 2 N–H and O–H groups in total. The molecule has 0 aliphatic heterocycles. The number of rotatable bonds is 0. The maximum atomic E-state index is 6.06. The second-order valence-corrected chi connectivity index (χ2v) is 4.51. The Morgan fingerprint density at radius 1 is 1.20 bits per heavy atom. The first-order chi connectivity index (χ1) is 4.49. The highest BCUT2D eigenvalue weighted by Crippen LogP contribution is 2.33. The van der Waals surface area contributed by atoms with Gasteiger partial charge in [-0.1, -0.05) is 13.8 Å². The van der Waals surface area contributed by atoms with Crippen LogP contribution in [0.4, 0.5) is 0 Å². The normalized spacial score (nSPS) is 49.2. The molecule has 60 valence electrons. The van der Waals surface area contributed by atoms with E-state index in [1.165, 1.54) is 19.3 Å². The molecule has 0 spiro atoms. The highest BCUT2D eigenvalue weighted by molar-refractivity contribution is 4.87. The fraction of sp³-hybridized carbons (Fsp3) is 1.00. The summed E-state index contributed by atoms with van der Waals surface area (Å²) < 4.78 is 0. The van der Waals surface area contributed by atoms with Gasteiger partial charge in [-0.3, -0.25) is 0 Å². The van der Waals surface area contributed by atoms with E-state index in [0.717, 1.165) is 11.8 Å². The van der Waals surface area contributed by atoms with Gasteiger partial charge in [0, 0.05) is 5.54 Å². The Morgan fingerprint density at radius 3 is 1.90 bits per heavy atom. The van der Waals surface area contributed by atoms with Crippen molar-refractivity contribution in [3.8, 4) is 0 Å². The first-order valence-electron chi connectivity index (χ1n) is 4.28. The molecule has 1 aliphatic carbocycles. The van der Waals surface area contributed by atoms with E-state index < -0.39 is 0 Å². The zero-order chi connectivity index (χ0) is 7.78. The van der Waals surface area contributed by atoms with Crippen LogP contribution in [0.1, 0.15) is 40.0 Å². The number of nitrogens with two attached hydrogens (primary N) is 1. The SMILES string of the molecule is C[C@H]1C[C@H](C)CC(C)(N)C1. The van der Waals surface area contributed by atoms with Gasteiger partial charge in [-0.25, -0.2) is 0 Å². The Bertz CT molecular complexity index is 106. The average Bonchev–Trinajstić information content (AvgIpc) is 1.54. The van der Waals surface area contributed by atoms with E-state index in [0.29, 0.717) is 0 Å². The smallest absolute Gasteiger partial charge is 0.0131 e. The summed E-state index contributed by atoms with van der Waals surface area (Å²) in [7, 11) is 0. The van der Waals surface area contributed by atoms with Crippen LogP contribution in [-0.2, 0) is 0 Å². The third kappa shape index (κ3) is 1.98. The Morgan fingerprint density at radius 2 is 1.60 bits per heavy atom. The zero-order valence-electron chi connectivity index (χ0n) is 7.35. The van der Waals surface area contributed by atoms with Gasteiger partial charge in [0.1, 0.15) is 0 Å². The first-order valence-corrected chi connectivity index (χ1v) is 4.28. The molecule has 0 unspecified atom stereocenters. The predicted octanol–water partition coefficient (Wildman–Crippen LogP) is 2.16. The zero-order valence-corrected chi connectivity index (χ0v) is 7.35. The number of hydrogen-bond acceptors (Lipinski definition) is 1. The Balaban J connectivity index is 2.51. The van der Waals surface area contributed by atoms with Crippen LogP contribution in [0.15, 0.2) is 0 Å². The topological polar surface area (TPSA) is 26.0 Å². The molecule has 1 fully saturated rings. The fourth-order valence-corrected chi connectivity index (χ4v) is 2.53. The minimum atomic E-state index is 0.122. The van der Waals surface area contributed by atoms with E-state index >= 15 is 0 Å². The van der Waals surface area contributed by atoms with E-state index in [2.05, 4.69) is 20.8 Å². The molecular formula is C9H19N. The minimum Gasteiger partial charge on any atom is -0.325 e. The Hall–Kier alpha value is -0.0400. The van der Waals surface area contributed by atoms with Gasteiger partial charge in [0.05, 0.1) is 0 Å². The molecule has 0 aromatic rings. The van der Waals surface area contributed by atoms with Gasteiger partial charge in [0.25, 0.3) is 0 Å². The average molecular weight is 141 g/mol. The maximum Gasteiger partial charge on any atom is 0.0131 e. The monoisotopic (exact) mass is 141 g/mol. The van der Waals surface area contributed by atoms with Crippen molar-refractivity contribution in [1.29, 1.82) is 0 Å². The summed E-state index contributed by atoms with van der Waals surface area (Å²) in [5, 5.41) is 0. The molecule has 1 aliphatic rings. The molecule has 1 nitrogen and oxygen atoms in total. The molecule has 1 rings (SSSR count). The van der Waals surface area contributed by atoms with Crippen LogP contribution in [0.2, 0.25) is 0 Å². The third-order valence-electron chi connectivity index (χ3n) is 2.43. The summed E-state index contributed by atoms with van der Waals surface area (Å²) in [5.41, 5.74) is 6.18. The fourth-order valence-electron chi connectivity index (χ4n) is 2.53. The van der Waals surface area contributed by atoms with E-state index in [9.17, 15) is 0 Å². The quantitative estimate of drug-likeness (QED) is 0.549. The summed E-state index contributed by atoms with van der Waals surface area (Å²) in [6.07, 6.45) is 3.78. The van der Waals surface area contributed by atoms with Crippen LogP contribution in [-0.4, -0.2) is 5.54 Å². The van der Waals surface area contributed by atoms with E-state index in [4.69, 9.17) is 5.73 Å². The van der Waals surface area contributed by atoms with Crippen molar-refractivity contribution in [2.75, 3.05) is 0 Å². The van der Waals surface area contributed by atoms with Gasteiger partial charge >= 0.3 is 0 Å². The van der Waals surface area contributed by atoms with Crippen LogP contribution < -0.4 is 5.73 Å². The maximum absolute atomic E-state index is 6.06. The highest BCUT2D eigenvalue weighted by Gasteiger charge is 2.29. The van der Waals surface area contributed by atoms with Crippen molar-refractivity contribution in [2.45, 2.75) is 45.6 Å². The lowest BCUT2D eigenvalue weighted by atomic mass is 9.73. The largest absolute Gasteiger partial charge is 0.325 e. The van der Waals surface area contributed by atoms with Crippen LogP contribution in [0.3, 0.4) is 0 Å². The van der Waals surface area contributed by atoms with E-state index in [1.807, 2.05) is 0 Å². The van der Waals surface area contributed by atoms with Crippen molar-refractivity contribution in [1.82, 2.24) is 0 Å². The molecule has 0 aromatic heterocycles. The van der Waals surface area contributed by atoms with Crippen LogP contribution in [0.25, 0.3) is 0 Å². The summed E-state index contributed by atoms with van der Waals surface area (Å²) >= 11 is 0. The molecule has 2 atom stereocenters. The molecule has 1 heteroatoms. The third-order valence-corrected chi connectivity index (χ3v) is 2.43. The standard InChI is InChI=1S/C9H19N/c1-7-4-8(2)6-9(3,10)5-7/h7-8H,4-6,10H2,1-3H3/t7-,8-/m0/s1. The molecule has 0 heterocycles. The summed E-state index contributed by atoms with van der Waals surface area (Å²) in [4.78, 5) is 0. The molecular weight excluding hydrogens is 122 g/mol. The highest BCUT2D eigenvalue weighted by atomic mass is 14.7. The van der Waals surface area contributed by atoms with E-state index in [-0.39, 0.29) is 5.54 Å². The van der Waals surface area contributed by atoms with Gasteiger partial charge in [-0.2, -0.15) is 0 Å². The number of hydrogen-bond donors (Lipinski definition) is 1. The second-order valence-electron chi connectivity index (χ2n) is 4.51. The van der Waals surface area contributed by atoms with Crippen molar-refractivity contribution in [2.24, 2.45) is 17.6 Å². The van der Waals surface area contributed by atoms with Gasteiger partial charge < -0.3 is 5.73 Å². The first kappa shape index (κ1) is 8.06. The molecule has 1 saturated carbocycles. The Labute approximate surface area is 64.0 Å².